The summed E-state index contributed by atoms with van der Waals surface area (Å²) in [4.78, 5) is 5.26. The Labute approximate surface area is 120 Å². The van der Waals surface area contributed by atoms with E-state index in [-0.39, 0.29) is 6.04 Å². The van der Waals surface area contributed by atoms with E-state index < -0.39 is 0 Å². The van der Waals surface area contributed by atoms with Gasteiger partial charge in [0.1, 0.15) is 24.3 Å². The van der Waals surface area contributed by atoms with Gasteiger partial charge in [-0.2, -0.15) is 15.3 Å². The number of nitrogens with two attached hydrogens (primary N) is 1. The van der Waals surface area contributed by atoms with Crippen molar-refractivity contribution in [1.29, 1.82) is 5.26 Å². The molecule has 0 fully saturated rings. The molecule has 0 saturated heterocycles. The first kappa shape index (κ1) is 12.6. The SMILES string of the molecule is CSc1ccc([C@H]2C(C#N)=C(N)Nc3ncnn32)cc1. The zero-order chi connectivity index (χ0) is 14.1. The van der Waals surface area contributed by atoms with Crippen LogP contribution in [0.4, 0.5) is 5.95 Å². The van der Waals surface area contributed by atoms with Gasteiger partial charge in [-0.05, 0) is 24.0 Å². The Bertz CT molecular complexity index is 709. The fourth-order valence-electron chi connectivity index (χ4n) is 2.20. The summed E-state index contributed by atoms with van der Waals surface area (Å²) in [5, 5.41) is 16.4. The van der Waals surface area contributed by atoms with Crippen LogP contribution >= 0.6 is 11.8 Å². The number of rotatable bonds is 2. The molecule has 6 nitrogen and oxygen atoms in total. The normalized spacial score (nSPS) is 17.3. The van der Waals surface area contributed by atoms with Gasteiger partial charge in [0.25, 0.3) is 0 Å². The fourth-order valence-corrected chi connectivity index (χ4v) is 2.61. The molecule has 0 amide bonds. The molecule has 0 saturated carbocycles. The monoisotopic (exact) mass is 284 g/mol. The Morgan fingerprint density at radius 3 is 2.80 bits per heavy atom. The lowest BCUT2D eigenvalue weighted by atomic mass is 9.98. The molecular weight excluding hydrogens is 272 g/mol. The van der Waals surface area contributed by atoms with Gasteiger partial charge in [-0.3, -0.25) is 0 Å². The number of anilines is 1. The number of allylic oxidation sites excluding steroid dienone is 1. The van der Waals surface area contributed by atoms with Crippen LogP contribution in [0.3, 0.4) is 0 Å². The summed E-state index contributed by atoms with van der Waals surface area (Å²) >= 11 is 1.67. The molecule has 0 spiro atoms. The molecule has 1 aromatic carbocycles. The summed E-state index contributed by atoms with van der Waals surface area (Å²) in [5.41, 5.74) is 7.31. The Kier molecular flexibility index (Phi) is 3.08. The summed E-state index contributed by atoms with van der Waals surface area (Å²) in [5.74, 6) is 0.868. The van der Waals surface area contributed by atoms with E-state index in [1.807, 2.05) is 30.5 Å². The van der Waals surface area contributed by atoms with E-state index in [2.05, 4.69) is 21.5 Å². The number of fused-ring (bicyclic) bond motifs is 1. The van der Waals surface area contributed by atoms with Crippen molar-refractivity contribution in [1.82, 2.24) is 14.8 Å². The second kappa shape index (κ2) is 4.90. The number of hydrogen-bond donors (Lipinski definition) is 2. The van der Waals surface area contributed by atoms with Crippen LogP contribution in [0.25, 0.3) is 0 Å². The van der Waals surface area contributed by atoms with E-state index in [1.165, 1.54) is 6.33 Å². The number of benzene rings is 1. The number of thioether (sulfide) groups is 1. The zero-order valence-electron chi connectivity index (χ0n) is 10.7. The molecule has 0 bridgehead atoms. The highest BCUT2D eigenvalue weighted by atomic mass is 32.2. The first-order valence-corrected chi connectivity index (χ1v) is 7.17. The first-order valence-electron chi connectivity index (χ1n) is 5.95. The van der Waals surface area contributed by atoms with Gasteiger partial charge in [0.05, 0.1) is 5.57 Å². The molecule has 100 valence electrons. The molecule has 7 heteroatoms. The molecule has 3 N–H and O–H groups in total. The van der Waals surface area contributed by atoms with Crippen molar-refractivity contribution in [2.45, 2.75) is 10.9 Å². The van der Waals surface area contributed by atoms with E-state index in [4.69, 9.17) is 5.73 Å². The van der Waals surface area contributed by atoms with Gasteiger partial charge >= 0.3 is 0 Å². The average molecular weight is 284 g/mol. The topological polar surface area (TPSA) is 92.6 Å². The lowest BCUT2D eigenvalue weighted by Gasteiger charge is -2.25. The van der Waals surface area contributed by atoms with Crippen LogP contribution in [-0.4, -0.2) is 21.0 Å². The van der Waals surface area contributed by atoms with Crippen LogP contribution in [-0.2, 0) is 0 Å². The molecule has 1 atom stereocenters. The van der Waals surface area contributed by atoms with Gasteiger partial charge < -0.3 is 11.1 Å². The van der Waals surface area contributed by atoms with Crippen molar-refractivity contribution in [2.24, 2.45) is 5.73 Å². The predicted molar refractivity (Wildman–Crippen MR) is 76.8 cm³/mol. The van der Waals surface area contributed by atoms with E-state index >= 15 is 0 Å². The average Bonchev–Trinajstić information content (AvgIpc) is 2.93. The molecule has 20 heavy (non-hydrogen) atoms. The van der Waals surface area contributed by atoms with E-state index in [0.717, 1.165) is 10.5 Å². The Morgan fingerprint density at radius 1 is 1.40 bits per heavy atom. The second-order valence-electron chi connectivity index (χ2n) is 4.27. The summed E-state index contributed by atoms with van der Waals surface area (Å²) in [6.07, 6.45) is 3.47. The number of nitrogens with zero attached hydrogens (tertiary/aromatic N) is 4. The lowest BCUT2D eigenvalue weighted by molar-refractivity contribution is 0.585. The van der Waals surface area contributed by atoms with Crippen LogP contribution in [0.1, 0.15) is 11.6 Å². The van der Waals surface area contributed by atoms with Crippen LogP contribution in [0, 0.1) is 11.3 Å². The number of nitrogens with one attached hydrogen (secondary N) is 1. The molecule has 1 aliphatic heterocycles. The van der Waals surface area contributed by atoms with Gasteiger partial charge in [0, 0.05) is 4.90 Å². The summed E-state index contributed by atoms with van der Waals surface area (Å²) < 4.78 is 1.67. The number of nitriles is 1. The maximum Gasteiger partial charge on any atom is 0.227 e. The Balaban J connectivity index is 2.12. The van der Waals surface area contributed by atoms with Crippen LogP contribution in [0.5, 0.6) is 0 Å². The molecule has 0 unspecified atom stereocenters. The highest BCUT2D eigenvalue weighted by Gasteiger charge is 2.29. The molecule has 0 aliphatic carbocycles. The predicted octanol–water partition coefficient (Wildman–Crippen LogP) is 1.71. The third-order valence-corrected chi connectivity index (χ3v) is 3.92. The summed E-state index contributed by atoms with van der Waals surface area (Å²) in [6, 6.07) is 9.82. The Hall–Kier alpha value is -2.46. The fraction of sp³-hybridized carbons (Fsp3) is 0.154. The minimum Gasteiger partial charge on any atom is -0.384 e. The molecule has 2 aromatic rings. The highest BCUT2D eigenvalue weighted by Crippen LogP contribution is 2.33. The highest BCUT2D eigenvalue weighted by molar-refractivity contribution is 7.98. The minimum atomic E-state index is -0.338. The van der Waals surface area contributed by atoms with Crippen molar-refractivity contribution < 1.29 is 0 Å². The Morgan fingerprint density at radius 2 is 2.15 bits per heavy atom. The van der Waals surface area contributed by atoms with Crippen LogP contribution in [0.15, 0.2) is 46.9 Å². The van der Waals surface area contributed by atoms with Gasteiger partial charge in [0.2, 0.25) is 5.95 Å². The second-order valence-corrected chi connectivity index (χ2v) is 5.15. The van der Waals surface area contributed by atoms with Gasteiger partial charge in [-0.15, -0.1) is 11.8 Å². The molecule has 2 heterocycles. The maximum atomic E-state index is 9.36. The molecule has 3 rings (SSSR count). The van der Waals surface area contributed by atoms with Crippen LogP contribution in [0.2, 0.25) is 0 Å². The largest absolute Gasteiger partial charge is 0.384 e. The lowest BCUT2D eigenvalue weighted by Crippen LogP contribution is -2.28. The van der Waals surface area contributed by atoms with Crippen molar-refractivity contribution in [3.63, 3.8) is 0 Å². The minimum absolute atomic E-state index is 0.326. The quantitative estimate of drug-likeness (QED) is 0.816. The van der Waals surface area contributed by atoms with E-state index in [0.29, 0.717) is 17.3 Å². The van der Waals surface area contributed by atoms with Crippen molar-refractivity contribution in [3.05, 3.63) is 47.6 Å². The molecule has 0 radical (unpaired) electrons. The number of hydrogen-bond acceptors (Lipinski definition) is 6. The third kappa shape index (κ3) is 1.90. The molecule has 1 aliphatic rings. The van der Waals surface area contributed by atoms with Gasteiger partial charge in [-0.25, -0.2) is 4.68 Å². The van der Waals surface area contributed by atoms with E-state index in [9.17, 15) is 5.26 Å². The first-order chi connectivity index (χ1) is 9.74. The maximum absolute atomic E-state index is 9.36. The van der Waals surface area contributed by atoms with Gasteiger partial charge in [-0.1, -0.05) is 12.1 Å². The van der Waals surface area contributed by atoms with Crippen LogP contribution < -0.4 is 11.1 Å². The van der Waals surface area contributed by atoms with Crippen molar-refractivity contribution in [3.8, 4) is 6.07 Å². The van der Waals surface area contributed by atoms with Gasteiger partial charge in [0.15, 0.2) is 0 Å². The number of aromatic nitrogens is 3. The summed E-state index contributed by atoms with van der Waals surface area (Å²) in [6.45, 7) is 0. The summed E-state index contributed by atoms with van der Waals surface area (Å²) in [7, 11) is 0. The van der Waals surface area contributed by atoms with E-state index in [1.54, 1.807) is 16.4 Å². The zero-order valence-corrected chi connectivity index (χ0v) is 11.6. The van der Waals surface area contributed by atoms with Crippen molar-refractivity contribution >= 4 is 17.7 Å². The molecule has 1 aromatic heterocycles. The molecular formula is C13H12N6S. The van der Waals surface area contributed by atoms with Crippen molar-refractivity contribution in [2.75, 3.05) is 11.6 Å². The standard InChI is InChI=1S/C13H12N6S/c1-20-9-4-2-8(3-5-9)11-10(6-14)12(15)18-13-16-7-17-19(11)13/h2-5,7,11H,15H2,1H3,(H,16,17,18)/t11-/m0/s1. The smallest absolute Gasteiger partial charge is 0.227 e. The third-order valence-electron chi connectivity index (χ3n) is 3.18.